The molecule has 6 heteroatoms. The largest absolute Gasteiger partial charge is 0.492 e. The van der Waals surface area contributed by atoms with Crippen LogP contribution in [0.3, 0.4) is 0 Å². The van der Waals surface area contributed by atoms with E-state index >= 15 is 0 Å². The van der Waals surface area contributed by atoms with Crippen molar-refractivity contribution in [2.75, 3.05) is 22.6 Å². The lowest BCUT2D eigenvalue weighted by Crippen LogP contribution is -2.28. The van der Waals surface area contributed by atoms with E-state index in [0.717, 1.165) is 23.4 Å². The Morgan fingerprint density at radius 3 is 2.69 bits per heavy atom. The molecule has 0 saturated carbocycles. The molecule has 2 aromatic carbocycles. The molecule has 1 aliphatic rings. The second-order valence-corrected chi connectivity index (χ2v) is 10.6. The number of hydrogen-bond acceptors (Lipinski definition) is 4. The van der Waals surface area contributed by atoms with Crippen LogP contribution in [0, 0.1) is 11.3 Å². The SMILES string of the molecule is CCOc1ccccc1N1C(=O)CS[C@H]1c1cccc(NC(=O)C[C@@H](C)CC(C)(C)C)c1. The van der Waals surface area contributed by atoms with Crippen molar-refractivity contribution >= 4 is 35.0 Å². The fourth-order valence-electron chi connectivity index (χ4n) is 4.28. The molecule has 1 N–H and O–H groups in total. The first kappa shape index (κ1) is 24.2. The van der Waals surface area contributed by atoms with Crippen LogP contribution in [0.15, 0.2) is 48.5 Å². The highest BCUT2D eigenvalue weighted by molar-refractivity contribution is 8.00. The maximum atomic E-state index is 12.8. The van der Waals surface area contributed by atoms with Gasteiger partial charge in [0.25, 0.3) is 0 Å². The predicted octanol–water partition coefficient (Wildman–Crippen LogP) is 6.26. The number of benzene rings is 2. The van der Waals surface area contributed by atoms with E-state index in [1.165, 1.54) is 0 Å². The number of nitrogens with zero attached hydrogens (tertiary/aromatic N) is 1. The number of ether oxygens (including phenoxy) is 1. The number of anilines is 2. The Bertz CT molecular complexity index is 954. The summed E-state index contributed by atoms with van der Waals surface area (Å²) < 4.78 is 5.77. The van der Waals surface area contributed by atoms with Crippen molar-refractivity contribution in [3.63, 3.8) is 0 Å². The first-order valence-corrected chi connectivity index (χ1v) is 12.3. The Morgan fingerprint density at radius 2 is 1.97 bits per heavy atom. The summed E-state index contributed by atoms with van der Waals surface area (Å²) in [6.45, 7) is 11.2. The van der Waals surface area contributed by atoms with Crippen LogP contribution in [-0.2, 0) is 9.59 Å². The maximum Gasteiger partial charge on any atom is 0.238 e. The zero-order valence-electron chi connectivity index (χ0n) is 19.7. The summed E-state index contributed by atoms with van der Waals surface area (Å²) in [5.41, 5.74) is 2.72. The van der Waals surface area contributed by atoms with Gasteiger partial charge in [0.1, 0.15) is 11.1 Å². The molecule has 32 heavy (non-hydrogen) atoms. The van der Waals surface area contributed by atoms with Gasteiger partial charge in [-0.05, 0) is 54.5 Å². The lowest BCUT2D eigenvalue weighted by Gasteiger charge is -2.26. The first-order valence-electron chi connectivity index (χ1n) is 11.2. The molecule has 1 aliphatic heterocycles. The molecule has 0 bridgehead atoms. The summed E-state index contributed by atoms with van der Waals surface area (Å²) in [6, 6.07) is 15.4. The number of carbonyl (C=O) groups excluding carboxylic acids is 2. The van der Waals surface area contributed by atoms with Crippen LogP contribution < -0.4 is 15.0 Å². The van der Waals surface area contributed by atoms with Crippen LogP contribution in [0.4, 0.5) is 11.4 Å². The normalized spacial score (nSPS) is 17.3. The summed E-state index contributed by atoms with van der Waals surface area (Å²) in [4.78, 5) is 27.2. The number of amides is 2. The maximum absolute atomic E-state index is 12.8. The van der Waals surface area contributed by atoms with Crippen LogP contribution in [0.5, 0.6) is 5.75 Å². The third-order valence-electron chi connectivity index (χ3n) is 5.24. The van der Waals surface area contributed by atoms with Crippen molar-refractivity contribution in [2.24, 2.45) is 11.3 Å². The van der Waals surface area contributed by atoms with Crippen molar-refractivity contribution in [3.05, 3.63) is 54.1 Å². The summed E-state index contributed by atoms with van der Waals surface area (Å²) in [5, 5.41) is 2.88. The van der Waals surface area contributed by atoms with E-state index in [1.54, 1.807) is 11.8 Å². The van der Waals surface area contributed by atoms with Crippen molar-refractivity contribution in [1.29, 1.82) is 0 Å². The minimum absolute atomic E-state index is 0.0209. The fraction of sp³-hybridized carbons (Fsp3) is 0.462. The number of thioether (sulfide) groups is 1. The second kappa shape index (κ2) is 10.4. The van der Waals surface area contributed by atoms with E-state index in [2.05, 4.69) is 33.0 Å². The van der Waals surface area contributed by atoms with Gasteiger partial charge in [0, 0.05) is 12.1 Å². The molecule has 0 unspecified atom stereocenters. The smallest absolute Gasteiger partial charge is 0.238 e. The molecule has 1 fully saturated rings. The Kier molecular flexibility index (Phi) is 7.88. The third kappa shape index (κ3) is 6.28. The molecule has 172 valence electrons. The van der Waals surface area contributed by atoms with Gasteiger partial charge in [0.05, 0.1) is 18.0 Å². The monoisotopic (exact) mass is 454 g/mol. The molecule has 0 aliphatic carbocycles. The zero-order chi connectivity index (χ0) is 23.3. The summed E-state index contributed by atoms with van der Waals surface area (Å²) in [6.07, 6.45) is 1.49. The molecule has 5 nitrogen and oxygen atoms in total. The molecular formula is C26H34N2O3S. The molecular weight excluding hydrogens is 420 g/mol. The average Bonchev–Trinajstić information content (AvgIpc) is 3.08. The number of carbonyl (C=O) groups is 2. The van der Waals surface area contributed by atoms with Crippen molar-refractivity contribution in [3.8, 4) is 5.75 Å². The highest BCUT2D eigenvalue weighted by Gasteiger charge is 2.35. The summed E-state index contributed by atoms with van der Waals surface area (Å²) in [7, 11) is 0. The van der Waals surface area contributed by atoms with Gasteiger partial charge in [-0.25, -0.2) is 0 Å². The molecule has 3 rings (SSSR count). The molecule has 1 saturated heterocycles. The van der Waals surface area contributed by atoms with Crippen LogP contribution in [0.2, 0.25) is 0 Å². The van der Waals surface area contributed by atoms with Gasteiger partial charge in [-0.2, -0.15) is 0 Å². The lowest BCUT2D eigenvalue weighted by atomic mass is 9.84. The highest BCUT2D eigenvalue weighted by Crippen LogP contribution is 2.45. The molecule has 1 heterocycles. The van der Waals surface area contributed by atoms with Gasteiger partial charge in [-0.15, -0.1) is 11.8 Å². The van der Waals surface area contributed by atoms with Crippen molar-refractivity contribution in [2.45, 2.75) is 52.8 Å². The van der Waals surface area contributed by atoms with E-state index in [1.807, 2.05) is 60.4 Å². The number of hydrogen-bond donors (Lipinski definition) is 1. The van der Waals surface area contributed by atoms with E-state index in [9.17, 15) is 9.59 Å². The standard InChI is InChI=1S/C26H34N2O3S/c1-6-31-22-13-8-7-12-21(22)28-24(30)17-32-25(28)19-10-9-11-20(15-19)27-23(29)14-18(2)16-26(3,4)5/h7-13,15,18,25H,6,14,16-17H2,1-5H3,(H,27,29)/t18-,25+/m1/s1. The van der Waals surface area contributed by atoms with E-state index < -0.39 is 0 Å². The first-order chi connectivity index (χ1) is 15.2. The predicted molar refractivity (Wildman–Crippen MR) is 133 cm³/mol. The average molecular weight is 455 g/mol. The summed E-state index contributed by atoms with van der Waals surface area (Å²) in [5.74, 6) is 1.50. The van der Waals surface area contributed by atoms with Crippen LogP contribution in [-0.4, -0.2) is 24.2 Å². The minimum Gasteiger partial charge on any atom is -0.492 e. The molecule has 2 amide bonds. The Hall–Kier alpha value is -2.47. The van der Waals surface area contributed by atoms with Crippen molar-refractivity contribution < 1.29 is 14.3 Å². The number of para-hydroxylation sites is 2. The quantitative estimate of drug-likeness (QED) is 0.511. The van der Waals surface area contributed by atoms with Gasteiger partial charge in [0.15, 0.2) is 0 Å². The molecule has 0 radical (unpaired) electrons. The minimum atomic E-state index is -0.166. The third-order valence-corrected chi connectivity index (χ3v) is 6.46. The molecule has 2 atom stereocenters. The Labute approximate surface area is 195 Å². The fourth-order valence-corrected chi connectivity index (χ4v) is 5.44. The second-order valence-electron chi connectivity index (χ2n) is 9.58. The molecule has 0 aromatic heterocycles. The van der Waals surface area contributed by atoms with E-state index in [4.69, 9.17) is 4.74 Å². The van der Waals surface area contributed by atoms with Gasteiger partial charge in [0.2, 0.25) is 11.8 Å². The highest BCUT2D eigenvalue weighted by atomic mass is 32.2. The zero-order valence-corrected chi connectivity index (χ0v) is 20.5. The van der Waals surface area contributed by atoms with Gasteiger partial charge >= 0.3 is 0 Å². The topological polar surface area (TPSA) is 58.6 Å². The number of nitrogens with one attached hydrogen (secondary N) is 1. The lowest BCUT2D eigenvalue weighted by molar-refractivity contribution is -0.117. The van der Waals surface area contributed by atoms with Gasteiger partial charge in [-0.3, -0.25) is 14.5 Å². The van der Waals surface area contributed by atoms with E-state index in [0.29, 0.717) is 30.4 Å². The number of rotatable bonds is 8. The molecule has 2 aromatic rings. The van der Waals surface area contributed by atoms with Crippen molar-refractivity contribution in [1.82, 2.24) is 0 Å². The van der Waals surface area contributed by atoms with E-state index in [-0.39, 0.29) is 22.6 Å². The Balaban J connectivity index is 1.77. The van der Waals surface area contributed by atoms with Gasteiger partial charge < -0.3 is 10.1 Å². The van der Waals surface area contributed by atoms with Gasteiger partial charge in [-0.1, -0.05) is 52.0 Å². The van der Waals surface area contributed by atoms with Crippen LogP contribution in [0.25, 0.3) is 0 Å². The molecule has 0 spiro atoms. The Morgan fingerprint density at radius 1 is 1.22 bits per heavy atom. The van der Waals surface area contributed by atoms with Crippen LogP contribution in [0.1, 0.15) is 58.4 Å². The summed E-state index contributed by atoms with van der Waals surface area (Å²) >= 11 is 1.59. The van der Waals surface area contributed by atoms with Crippen LogP contribution >= 0.6 is 11.8 Å².